The van der Waals surface area contributed by atoms with Gasteiger partial charge in [-0.2, -0.15) is 11.6 Å². The fourth-order valence-electron chi connectivity index (χ4n) is 0.974. The van der Waals surface area contributed by atoms with E-state index in [1.807, 2.05) is 6.20 Å². The smallest absolute Gasteiger partial charge is 0.379 e. The summed E-state index contributed by atoms with van der Waals surface area (Å²) in [6.45, 7) is 0. The van der Waals surface area contributed by atoms with Crippen molar-refractivity contribution in [1.82, 2.24) is 9.38 Å². The summed E-state index contributed by atoms with van der Waals surface area (Å²) < 4.78 is 1.79. The number of nitrogens with two attached hydrogens (primary N) is 1. The van der Waals surface area contributed by atoms with Crippen molar-refractivity contribution >= 4 is 29.1 Å². The molecule has 0 saturated heterocycles. The Morgan fingerprint density at radius 2 is 2.38 bits per heavy atom. The van der Waals surface area contributed by atoms with Gasteiger partial charge in [-0.25, -0.2) is 0 Å². The largest absolute Gasteiger partial charge is 1.00 e. The molecule has 0 amide bonds. The van der Waals surface area contributed by atoms with Gasteiger partial charge in [0.2, 0.25) is 0 Å². The van der Waals surface area contributed by atoms with Crippen LogP contribution >= 0.6 is 23.5 Å². The van der Waals surface area contributed by atoms with Crippen LogP contribution in [-0.2, 0) is 0 Å². The van der Waals surface area contributed by atoms with E-state index < -0.39 is 0 Å². The first-order valence-corrected chi connectivity index (χ1v) is 4.47. The topological polar surface area (TPSA) is 43.3 Å². The van der Waals surface area contributed by atoms with Crippen molar-refractivity contribution in [2.24, 2.45) is 5.14 Å². The quantitative estimate of drug-likeness (QED) is 0.526. The van der Waals surface area contributed by atoms with Crippen LogP contribution in [0.3, 0.4) is 0 Å². The molecule has 2 aromatic heterocycles. The Morgan fingerprint density at radius 1 is 1.62 bits per heavy atom. The van der Waals surface area contributed by atoms with Gasteiger partial charge >= 0.3 is 58.2 Å². The van der Waals surface area contributed by atoms with Crippen molar-refractivity contribution in [3.8, 4) is 0 Å². The number of halogens is 1. The molecule has 13 heavy (non-hydrogen) atoms. The van der Waals surface area contributed by atoms with Gasteiger partial charge in [0, 0.05) is 11.1 Å². The summed E-state index contributed by atoms with van der Waals surface area (Å²) in [6.07, 6.45) is 6.27. The zero-order chi connectivity index (χ0) is 8.55. The Kier molecular flexibility index (Phi) is 4.92. The maximum atomic E-state index is 5.92. The average molecular weight is 284 g/mol. The van der Waals surface area contributed by atoms with E-state index in [2.05, 4.69) is 11.2 Å². The number of rotatable bonds is 1. The third kappa shape index (κ3) is 2.56. The van der Waals surface area contributed by atoms with E-state index in [4.69, 9.17) is 16.7 Å². The SMILES string of the molecule is NSc1cc(Cl)c2[c-]ncn2c1.[Rb+]. The molecule has 2 N–H and O–H groups in total. The fraction of sp³-hybridized carbons (Fsp3) is 0. The van der Waals surface area contributed by atoms with Crippen molar-refractivity contribution in [3.05, 3.63) is 29.8 Å². The third-order valence-electron chi connectivity index (χ3n) is 1.51. The average Bonchev–Trinajstić information content (AvgIpc) is 2.52. The normalized spacial score (nSPS) is 10.0. The predicted molar refractivity (Wildman–Crippen MR) is 49.1 cm³/mol. The second kappa shape index (κ2) is 5.25. The molecule has 2 rings (SSSR count). The molecule has 0 aromatic carbocycles. The van der Waals surface area contributed by atoms with Gasteiger partial charge in [-0.05, 0) is 28.8 Å². The Bertz CT molecular complexity index is 417. The molecule has 0 bridgehead atoms. The number of hydrogen-bond donors (Lipinski definition) is 1. The van der Waals surface area contributed by atoms with E-state index in [-0.39, 0.29) is 58.2 Å². The Labute approximate surface area is 134 Å². The molecular formula is C7H5ClN3RbS. The first-order valence-electron chi connectivity index (χ1n) is 3.22. The summed E-state index contributed by atoms with van der Waals surface area (Å²) in [5.41, 5.74) is 0.773. The zero-order valence-corrected chi connectivity index (χ0v) is 13.5. The van der Waals surface area contributed by atoms with Gasteiger partial charge in [0.05, 0.1) is 0 Å². The maximum Gasteiger partial charge on any atom is 1.00 e. The standard InChI is InChI=1S/C7H5ClN3S.Rb/c8-6-1-5(12-9)3-11-4-10-2-7(6)11;/h1,3-4H,9H2;/q-1;+1. The van der Waals surface area contributed by atoms with Crippen LogP contribution in [0.5, 0.6) is 0 Å². The minimum Gasteiger partial charge on any atom is -0.379 e. The molecule has 0 aliphatic carbocycles. The molecule has 0 atom stereocenters. The van der Waals surface area contributed by atoms with E-state index >= 15 is 0 Å². The molecule has 2 heterocycles. The third-order valence-corrected chi connectivity index (χ3v) is 2.29. The van der Waals surface area contributed by atoms with E-state index in [1.54, 1.807) is 16.8 Å². The number of nitrogens with zero attached hydrogens (tertiary/aromatic N) is 2. The van der Waals surface area contributed by atoms with Crippen LogP contribution in [-0.4, -0.2) is 9.38 Å². The van der Waals surface area contributed by atoms with Crippen LogP contribution in [0.4, 0.5) is 0 Å². The Hall–Kier alpha value is 1.10. The van der Waals surface area contributed by atoms with Crippen molar-refractivity contribution in [3.63, 3.8) is 0 Å². The molecule has 0 spiro atoms. The summed E-state index contributed by atoms with van der Waals surface area (Å²) in [4.78, 5) is 4.74. The van der Waals surface area contributed by atoms with Crippen LogP contribution in [0.15, 0.2) is 23.5 Å². The first kappa shape index (κ1) is 12.2. The number of hydrogen-bond acceptors (Lipinski definition) is 3. The first-order chi connectivity index (χ1) is 5.81. The van der Waals surface area contributed by atoms with Gasteiger partial charge in [-0.1, -0.05) is 12.3 Å². The minimum atomic E-state index is 0. The van der Waals surface area contributed by atoms with Gasteiger partial charge in [-0.15, -0.1) is 0 Å². The Morgan fingerprint density at radius 3 is 3.08 bits per heavy atom. The molecule has 0 aliphatic heterocycles. The van der Waals surface area contributed by atoms with Crippen molar-refractivity contribution in [1.29, 1.82) is 0 Å². The molecule has 6 heteroatoms. The minimum absolute atomic E-state index is 0. The van der Waals surface area contributed by atoms with Gasteiger partial charge in [-0.3, -0.25) is 5.14 Å². The molecule has 0 radical (unpaired) electrons. The van der Waals surface area contributed by atoms with E-state index in [0.29, 0.717) is 5.02 Å². The summed E-state index contributed by atoms with van der Waals surface area (Å²) >= 11 is 7.08. The summed E-state index contributed by atoms with van der Waals surface area (Å²) in [5.74, 6) is 0. The molecule has 0 fully saturated rings. The van der Waals surface area contributed by atoms with Gasteiger partial charge in [0.25, 0.3) is 0 Å². The molecule has 0 saturated carbocycles. The predicted octanol–water partition coefficient (Wildman–Crippen LogP) is -1.24. The molecule has 3 nitrogen and oxygen atoms in total. The summed E-state index contributed by atoms with van der Waals surface area (Å²) in [5, 5.41) is 6.01. The molecule has 0 aliphatic rings. The molecule has 62 valence electrons. The van der Waals surface area contributed by atoms with Crippen LogP contribution in [0.25, 0.3) is 5.52 Å². The second-order valence-corrected chi connectivity index (χ2v) is 3.37. The number of fused-ring (bicyclic) bond motifs is 1. The summed E-state index contributed by atoms with van der Waals surface area (Å²) in [6, 6.07) is 1.79. The van der Waals surface area contributed by atoms with Crippen molar-refractivity contribution < 1.29 is 58.2 Å². The van der Waals surface area contributed by atoms with Gasteiger partial charge in [0.1, 0.15) is 0 Å². The molecular weight excluding hydrogens is 279 g/mol. The molecule has 0 unspecified atom stereocenters. The van der Waals surface area contributed by atoms with E-state index in [0.717, 1.165) is 22.4 Å². The summed E-state index contributed by atoms with van der Waals surface area (Å²) in [7, 11) is 0. The molecule has 2 aromatic rings. The Balaban J connectivity index is 0.000000845. The fourth-order valence-corrected chi connectivity index (χ4v) is 1.66. The van der Waals surface area contributed by atoms with Crippen LogP contribution < -0.4 is 63.3 Å². The van der Waals surface area contributed by atoms with Crippen LogP contribution in [0.1, 0.15) is 0 Å². The number of pyridine rings is 1. The number of imidazole rings is 1. The second-order valence-electron chi connectivity index (χ2n) is 2.25. The van der Waals surface area contributed by atoms with Gasteiger partial charge in [0.15, 0.2) is 0 Å². The zero-order valence-electron chi connectivity index (χ0n) is 6.99. The van der Waals surface area contributed by atoms with E-state index in [1.165, 1.54) is 0 Å². The van der Waals surface area contributed by atoms with Gasteiger partial charge < -0.3 is 9.38 Å². The monoisotopic (exact) mass is 283 g/mol. The maximum absolute atomic E-state index is 5.92. The van der Waals surface area contributed by atoms with E-state index in [9.17, 15) is 0 Å². The number of aromatic nitrogens is 2. The van der Waals surface area contributed by atoms with Crippen LogP contribution in [0.2, 0.25) is 5.02 Å². The van der Waals surface area contributed by atoms with Crippen molar-refractivity contribution in [2.75, 3.05) is 0 Å². The van der Waals surface area contributed by atoms with Crippen LogP contribution in [0, 0.1) is 6.20 Å². The van der Waals surface area contributed by atoms with Crippen molar-refractivity contribution in [2.45, 2.75) is 4.90 Å².